The van der Waals surface area contributed by atoms with Gasteiger partial charge >= 0.3 is 19.4 Å². The lowest BCUT2D eigenvalue weighted by molar-refractivity contribution is -0.141. The van der Waals surface area contributed by atoms with Crippen LogP contribution in [0.2, 0.25) is 0 Å². The Bertz CT molecular complexity index is 1310. The molecular weight excluding hydrogens is 577 g/mol. The first-order chi connectivity index (χ1) is 19.3. The van der Waals surface area contributed by atoms with E-state index in [2.05, 4.69) is 4.98 Å². The summed E-state index contributed by atoms with van der Waals surface area (Å²) in [6.07, 6.45) is 0.677. The Morgan fingerprint density at radius 1 is 1.22 bits per heavy atom. The lowest BCUT2D eigenvalue weighted by atomic mass is 9.98. The number of hydrogen-bond donors (Lipinski definition) is 3. The fourth-order valence-corrected chi connectivity index (χ4v) is 7.18. The van der Waals surface area contributed by atoms with Gasteiger partial charge in [-0.3, -0.25) is 23.7 Å². The van der Waals surface area contributed by atoms with E-state index in [9.17, 15) is 29.2 Å². The average molecular weight is 616 g/mol. The molecule has 1 fully saturated rings. The molecule has 0 amide bonds. The van der Waals surface area contributed by atoms with Crippen LogP contribution >= 0.6 is 19.3 Å². The van der Waals surface area contributed by atoms with Crippen LogP contribution in [0.5, 0.6) is 5.75 Å². The van der Waals surface area contributed by atoms with Crippen LogP contribution in [-0.2, 0) is 18.6 Å². The number of ether oxygens (including phenoxy) is 1. The number of nitrogens with one attached hydrogen (secondary N) is 1. The predicted molar refractivity (Wildman–Crippen MR) is 153 cm³/mol. The van der Waals surface area contributed by atoms with Gasteiger partial charge in [-0.15, -0.1) is 11.6 Å². The molecular formula is C27H39ClN3O9P. The summed E-state index contributed by atoms with van der Waals surface area (Å²) in [7, 11) is -4.39. The molecule has 2 heterocycles. The molecule has 3 N–H and O–H groups in total. The first-order valence-electron chi connectivity index (χ1n) is 13.7. The number of H-pyrrole nitrogens is 1. The van der Waals surface area contributed by atoms with E-state index in [4.69, 9.17) is 25.4 Å². The van der Waals surface area contributed by atoms with Crippen LogP contribution in [0.15, 0.2) is 52.2 Å². The van der Waals surface area contributed by atoms with Gasteiger partial charge in [0.15, 0.2) is 6.23 Å². The van der Waals surface area contributed by atoms with Gasteiger partial charge < -0.3 is 19.5 Å². The average Bonchev–Trinajstić information content (AvgIpc) is 3.14. The lowest BCUT2D eigenvalue weighted by Gasteiger charge is -2.35. The number of para-hydroxylation sites is 1. The molecule has 0 saturated carbocycles. The van der Waals surface area contributed by atoms with Gasteiger partial charge in [-0.2, -0.15) is 4.67 Å². The number of aliphatic hydroxyl groups is 1. The second kappa shape index (κ2) is 14.1. The number of hydrogen-bond acceptors (Lipinski definition) is 8. The molecule has 0 unspecified atom stereocenters. The third-order valence-corrected chi connectivity index (χ3v) is 9.61. The highest BCUT2D eigenvalue weighted by Gasteiger charge is 2.54. The molecule has 2 aromatic rings. The minimum absolute atomic E-state index is 0.0269. The monoisotopic (exact) mass is 615 g/mol. The second-order valence-electron chi connectivity index (χ2n) is 10.4. The van der Waals surface area contributed by atoms with Crippen molar-refractivity contribution in [3.05, 3.63) is 63.4 Å². The molecule has 1 saturated heterocycles. The number of nitrogens with zero attached hydrogens (tertiary/aromatic N) is 2. The Morgan fingerprint density at radius 2 is 1.85 bits per heavy atom. The van der Waals surface area contributed by atoms with Crippen molar-refractivity contribution in [3.63, 3.8) is 0 Å². The highest BCUT2D eigenvalue weighted by molar-refractivity contribution is 7.51. The van der Waals surface area contributed by atoms with Crippen molar-refractivity contribution in [2.45, 2.75) is 82.7 Å². The molecule has 0 bridgehead atoms. The van der Waals surface area contributed by atoms with Crippen LogP contribution in [0.1, 0.15) is 59.6 Å². The van der Waals surface area contributed by atoms with Crippen molar-refractivity contribution >= 4 is 25.3 Å². The third kappa shape index (κ3) is 7.88. The van der Waals surface area contributed by atoms with Gasteiger partial charge in [-0.1, -0.05) is 44.9 Å². The van der Waals surface area contributed by atoms with E-state index in [0.29, 0.717) is 0 Å². The van der Waals surface area contributed by atoms with Crippen LogP contribution in [0, 0.1) is 5.92 Å². The van der Waals surface area contributed by atoms with E-state index in [1.54, 1.807) is 30.3 Å². The van der Waals surface area contributed by atoms with E-state index in [-0.39, 0.29) is 18.2 Å². The van der Waals surface area contributed by atoms with Gasteiger partial charge in [-0.25, -0.2) is 9.36 Å². The number of aliphatic carboxylic acids is 1. The minimum Gasteiger partial charge on any atom is -0.480 e. The predicted octanol–water partition coefficient (Wildman–Crippen LogP) is 3.99. The van der Waals surface area contributed by atoms with Crippen LogP contribution in [-0.4, -0.2) is 66.7 Å². The van der Waals surface area contributed by atoms with Crippen molar-refractivity contribution in [1.29, 1.82) is 0 Å². The van der Waals surface area contributed by atoms with Crippen LogP contribution in [0.25, 0.3) is 0 Å². The molecule has 1 aliphatic heterocycles. The standard InChI is InChI=1S/C27H39ClN3O9P/c1-5-10-19(11-6-2)16-31(18(3)24(34)35)41(37,40-20-12-8-7-9-13-20)38-17-21-23(33)27(4,28)25(39-21)30-15-14-22(32)29-26(30)36/h7-9,12-15,18-19,21,23,25,33H,5-6,10-11,16-17H2,1-4H3,(H,34,35)(H,29,32,36)/t18-,21-,23-,25-,27-,41-/m1/s1. The summed E-state index contributed by atoms with van der Waals surface area (Å²) in [5.41, 5.74) is -1.40. The highest BCUT2D eigenvalue weighted by atomic mass is 35.5. The molecule has 0 aliphatic carbocycles. The summed E-state index contributed by atoms with van der Waals surface area (Å²) in [6.45, 7) is 6.55. The molecule has 1 aromatic carbocycles. The molecule has 0 spiro atoms. The Morgan fingerprint density at radius 3 is 2.41 bits per heavy atom. The SMILES string of the molecule is CCCC(CCC)CN([C@H](C)C(=O)O)[P@@](=O)(OC[C@H]1O[C@@H](n2ccc(=O)[nH]c2=O)[C@](C)(Cl)[C@@H]1O)Oc1ccccc1. The summed E-state index contributed by atoms with van der Waals surface area (Å²) < 4.78 is 34.6. The number of aromatic amines is 1. The van der Waals surface area contributed by atoms with Crippen LogP contribution in [0.3, 0.4) is 0 Å². The maximum absolute atomic E-state index is 14.6. The molecule has 228 valence electrons. The zero-order valence-electron chi connectivity index (χ0n) is 23.6. The second-order valence-corrected chi connectivity index (χ2v) is 13.1. The Labute approximate surface area is 243 Å². The van der Waals surface area contributed by atoms with Gasteiger partial charge in [0.1, 0.15) is 28.9 Å². The smallest absolute Gasteiger partial charge is 0.462 e. The number of aromatic nitrogens is 2. The van der Waals surface area contributed by atoms with Gasteiger partial charge in [0.25, 0.3) is 5.56 Å². The number of halogens is 1. The van der Waals surface area contributed by atoms with E-state index in [1.165, 1.54) is 24.7 Å². The van der Waals surface area contributed by atoms with E-state index in [1.807, 2.05) is 13.8 Å². The topological polar surface area (TPSA) is 160 Å². The normalized spacial score (nSPS) is 24.8. The number of aliphatic hydroxyl groups excluding tert-OH is 1. The van der Waals surface area contributed by atoms with Gasteiger partial charge in [0, 0.05) is 18.8 Å². The van der Waals surface area contributed by atoms with Crippen molar-refractivity contribution in [3.8, 4) is 5.75 Å². The molecule has 0 radical (unpaired) electrons. The first-order valence-corrected chi connectivity index (χ1v) is 15.5. The van der Waals surface area contributed by atoms with Crippen molar-refractivity contribution in [1.82, 2.24) is 14.2 Å². The largest absolute Gasteiger partial charge is 0.480 e. The highest BCUT2D eigenvalue weighted by Crippen LogP contribution is 2.55. The number of alkyl halides is 1. The third-order valence-electron chi connectivity index (χ3n) is 7.14. The lowest BCUT2D eigenvalue weighted by Crippen LogP contribution is -2.43. The van der Waals surface area contributed by atoms with Crippen LogP contribution in [0.4, 0.5) is 0 Å². The summed E-state index contributed by atoms with van der Waals surface area (Å²) >= 11 is 6.63. The fraction of sp³-hybridized carbons (Fsp3) is 0.593. The Kier molecular flexibility index (Phi) is 11.4. The Balaban J connectivity index is 1.95. The maximum atomic E-state index is 14.6. The van der Waals surface area contributed by atoms with Crippen molar-refractivity contribution in [2.24, 2.45) is 5.92 Å². The first kappa shape index (κ1) is 33.0. The van der Waals surface area contributed by atoms with Crippen molar-refractivity contribution in [2.75, 3.05) is 13.2 Å². The Hall–Kier alpha value is -2.47. The summed E-state index contributed by atoms with van der Waals surface area (Å²) in [6, 6.07) is 8.13. The number of carboxylic acids is 1. The molecule has 1 aliphatic rings. The minimum atomic E-state index is -4.39. The summed E-state index contributed by atoms with van der Waals surface area (Å²) in [5.74, 6) is -0.979. The molecule has 1 aromatic heterocycles. The summed E-state index contributed by atoms with van der Waals surface area (Å²) in [5, 5.41) is 21.0. The van der Waals surface area contributed by atoms with Gasteiger partial charge in [0.05, 0.1) is 6.61 Å². The number of carboxylic acid groups (broad SMARTS) is 1. The maximum Gasteiger partial charge on any atom is 0.462 e. The van der Waals surface area contributed by atoms with Crippen LogP contribution < -0.4 is 15.8 Å². The number of carbonyl (C=O) groups is 1. The van der Waals surface area contributed by atoms with Crippen molar-refractivity contribution < 1.29 is 33.4 Å². The zero-order valence-corrected chi connectivity index (χ0v) is 25.3. The van der Waals surface area contributed by atoms with E-state index >= 15 is 0 Å². The van der Waals surface area contributed by atoms with Gasteiger partial charge in [-0.05, 0) is 44.7 Å². The molecule has 3 rings (SSSR count). The zero-order chi connectivity index (χ0) is 30.4. The summed E-state index contributed by atoms with van der Waals surface area (Å²) in [4.78, 5) is 36.7. The number of benzene rings is 1. The molecule has 14 heteroatoms. The number of rotatable bonds is 15. The molecule has 12 nitrogen and oxygen atoms in total. The fourth-order valence-electron chi connectivity index (χ4n) is 4.90. The van der Waals surface area contributed by atoms with Gasteiger partial charge in [0.2, 0.25) is 0 Å². The molecule has 6 atom stereocenters. The quantitative estimate of drug-likeness (QED) is 0.197. The van der Waals surface area contributed by atoms with E-state index < -0.39 is 60.9 Å². The van der Waals surface area contributed by atoms with E-state index in [0.717, 1.165) is 36.3 Å². The molecule has 41 heavy (non-hydrogen) atoms.